The highest BCUT2D eigenvalue weighted by atomic mass is 127. The molecule has 0 bridgehead atoms. The van der Waals surface area contributed by atoms with Crippen LogP contribution in [0.4, 0.5) is 0 Å². The molecule has 0 saturated heterocycles. The molecule has 60 valence electrons. The van der Waals surface area contributed by atoms with Gasteiger partial charge in [0.25, 0.3) is 0 Å². The number of hydrogen-bond donors (Lipinski definition) is 0. The van der Waals surface area contributed by atoms with E-state index >= 15 is 0 Å². The quantitative estimate of drug-likeness (QED) is 0.531. The minimum atomic E-state index is 1.08. The molecule has 0 spiro atoms. The second-order valence-corrected chi connectivity index (χ2v) is 4.51. The van der Waals surface area contributed by atoms with Crippen LogP contribution in [0.2, 0.25) is 0 Å². The van der Waals surface area contributed by atoms with Gasteiger partial charge in [0, 0.05) is 0 Å². The van der Waals surface area contributed by atoms with Gasteiger partial charge in [0.15, 0.2) is 0 Å². The van der Waals surface area contributed by atoms with Gasteiger partial charge in [-0.25, -0.2) is 0 Å². The lowest BCUT2D eigenvalue weighted by Gasteiger charge is -2.06. The molecular weight excluding hydrogens is 235 g/mol. The van der Waals surface area contributed by atoms with Crippen LogP contribution >= 0.6 is 22.6 Å². The summed E-state index contributed by atoms with van der Waals surface area (Å²) in [4.78, 5) is 0. The van der Waals surface area contributed by atoms with Crippen LogP contribution in [0.15, 0.2) is 0 Å². The Morgan fingerprint density at radius 1 is 1.30 bits per heavy atom. The van der Waals surface area contributed by atoms with Crippen molar-refractivity contribution in [3.05, 3.63) is 0 Å². The van der Waals surface area contributed by atoms with Crippen molar-refractivity contribution in [2.45, 2.75) is 39.0 Å². The minimum Gasteiger partial charge on any atom is -0.0864 e. The fraction of sp³-hybridized carbons (Fsp3) is 1.00. The third-order valence-electron chi connectivity index (χ3n) is 2.74. The molecule has 2 unspecified atom stereocenters. The molecule has 0 amide bonds. The fourth-order valence-electron chi connectivity index (χ4n) is 1.97. The Balaban J connectivity index is 2.15. The molecule has 1 aliphatic carbocycles. The average molecular weight is 252 g/mol. The zero-order valence-corrected chi connectivity index (χ0v) is 8.93. The van der Waals surface area contributed by atoms with Crippen LogP contribution in [0.25, 0.3) is 0 Å². The SMILES string of the molecule is CCC1CCC(CCI)C1. The zero-order valence-electron chi connectivity index (χ0n) is 6.78. The van der Waals surface area contributed by atoms with Gasteiger partial charge in [-0.05, 0) is 29.1 Å². The largest absolute Gasteiger partial charge is 0.0864 e. The molecule has 1 rings (SSSR count). The average Bonchev–Trinajstić information content (AvgIpc) is 2.37. The van der Waals surface area contributed by atoms with Crippen LogP contribution in [0, 0.1) is 11.8 Å². The molecule has 0 nitrogen and oxygen atoms in total. The molecule has 0 N–H and O–H groups in total. The van der Waals surface area contributed by atoms with Crippen LogP contribution in [0.3, 0.4) is 0 Å². The Labute approximate surface area is 77.9 Å². The Hall–Kier alpha value is 0.730. The number of halogens is 1. The maximum absolute atomic E-state index is 2.50. The fourth-order valence-corrected chi connectivity index (χ4v) is 2.85. The van der Waals surface area contributed by atoms with E-state index in [-0.39, 0.29) is 0 Å². The van der Waals surface area contributed by atoms with E-state index in [2.05, 4.69) is 29.5 Å². The normalized spacial score (nSPS) is 33.0. The molecule has 0 aromatic carbocycles. The molecule has 0 aromatic rings. The summed E-state index contributed by atoms with van der Waals surface area (Å²) in [6.45, 7) is 2.33. The maximum atomic E-state index is 2.50. The van der Waals surface area contributed by atoms with E-state index in [1.54, 1.807) is 0 Å². The van der Waals surface area contributed by atoms with E-state index in [1.165, 1.54) is 36.5 Å². The summed E-state index contributed by atoms with van der Waals surface area (Å²) >= 11 is 2.50. The first kappa shape index (κ1) is 8.82. The van der Waals surface area contributed by atoms with E-state index in [0.29, 0.717) is 0 Å². The minimum absolute atomic E-state index is 1.08. The first-order valence-electron chi connectivity index (χ1n) is 4.42. The first-order chi connectivity index (χ1) is 4.86. The van der Waals surface area contributed by atoms with Crippen molar-refractivity contribution in [2.24, 2.45) is 11.8 Å². The van der Waals surface area contributed by atoms with Crippen molar-refractivity contribution in [3.63, 3.8) is 0 Å². The van der Waals surface area contributed by atoms with Gasteiger partial charge in [0.1, 0.15) is 0 Å². The molecule has 0 aromatic heterocycles. The van der Waals surface area contributed by atoms with Crippen molar-refractivity contribution in [3.8, 4) is 0 Å². The highest BCUT2D eigenvalue weighted by Gasteiger charge is 2.21. The lowest BCUT2D eigenvalue weighted by atomic mass is 10.0. The summed E-state index contributed by atoms with van der Waals surface area (Å²) in [5.74, 6) is 2.16. The van der Waals surface area contributed by atoms with Gasteiger partial charge in [-0.3, -0.25) is 0 Å². The van der Waals surface area contributed by atoms with E-state index in [9.17, 15) is 0 Å². The highest BCUT2D eigenvalue weighted by molar-refractivity contribution is 14.1. The van der Waals surface area contributed by atoms with E-state index in [4.69, 9.17) is 0 Å². The van der Waals surface area contributed by atoms with Gasteiger partial charge < -0.3 is 0 Å². The zero-order chi connectivity index (χ0) is 7.40. The lowest BCUT2D eigenvalue weighted by molar-refractivity contribution is 0.475. The molecule has 1 aliphatic rings. The van der Waals surface area contributed by atoms with Gasteiger partial charge in [0.2, 0.25) is 0 Å². The Morgan fingerprint density at radius 3 is 2.50 bits per heavy atom. The van der Waals surface area contributed by atoms with Crippen LogP contribution in [-0.2, 0) is 0 Å². The van der Waals surface area contributed by atoms with Crippen molar-refractivity contribution < 1.29 is 0 Å². The van der Waals surface area contributed by atoms with Gasteiger partial charge in [-0.1, -0.05) is 48.8 Å². The third kappa shape index (κ3) is 2.40. The monoisotopic (exact) mass is 252 g/mol. The van der Waals surface area contributed by atoms with Gasteiger partial charge >= 0.3 is 0 Å². The predicted molar refractivity (Wildman–Crippen MR) is 54.6 cm³/mol. The Morgan fingerprint density at radius 2 is 2.00 bits per heavy atom. The molecule has 0 aliphatic heterocycles. The predicted octanol–water partition coefficient (Wildman–Crippen LogP) is 3.64. The van der Waals surface area contributed by atoms with Crippen LogP contribution in [0.1, 0.15) is 39.0 Å². The topological polar surface area (TPSA) is 0 Å². The summed E-state index contributed by atoms with van der Waals surface area (Å²) in [6, 6.07) is 0. The van der Waals surface area contributed by atoms with E-state index < -0.39 is 0 Å². The number of hydrogen-bond acceptors (Lipinski definition) is 0. The van der Waals surface area contributed by atoms with Crippen LogP contribution < -0.4 is 0 Å². The van der Waals surface area contributed by atoms with Crippen molar-refractivity contribution >= 4 is 22.6 Å². The van der Waals surface area contributed by atoms with Crippen molar-refractivity contribution in [1.82, 2.24) is 0 Å². The highest BCUT2D eigenvalue weighted by Crippen LogP contribution is 2.34. The lowest BCUT2D eigenvalue weighted by Crippen LogP contribution is -1.95. The van der Waals surface area contributed by atoms with Gasteiger partial charge in [0.05, 0.1) is 0 Å². The van der Waals surface area contributed by atoms with Crippen LogP contribution in [0.5, 0.6) is 0 Å². The van der Waals surface area contributed by atoms with Crippen LogP contribution in [-0.4, -0.2) is 4.43 Å². The molecule has 0 heterocycles. The standard InChI is InChI=1S/C9H17I/c1-2-8-3-4-9(7-8)5-6-10/h8-9H,2-7H2,1H3. The summed E-state index contributed by atoms with van der Waals surface area (Å²) in [6.07, 6.45) is 7.44. The second-order valence-electron chi connectivity index (χ2n) is 3.43. The molecule has 0 radical (unpaired) electrons. The maximum Gasteiger partial charge on any atom is -0.000209 e. The summed E-state index contributed by atoms with van der Waals surface area (Å²) in [7, 11) is 0. The summed E-state index contributed by atoms with van der Waals surface area (Å²) < 4.78 is 1.36. The Bertz CT molecular complexity index is 90.7. The van der Waals surface area contributed by atoms with E-state index in [1.807, 2.05) is 0 Å². The molecule has 10 heavy (non-hydrogen) atoms. The smallest absolute Gasteiger partial charge is 0.000209 e. The molecule has 1 fully saturated rings. The van der Waals surface area contributed by atoms with Crippen molar-refractivity contribution in [2.75, 3.05) is 4.43 Å². The Kier molecular flexibility index (Phi) is 4.04. The number of alkyl halides is 1. The second kappa shape index (κ2) is 4.58. The number of rotatable bonds is 3. The molecule has 2 atom stereocenters. The summed E-state index contributed by atoms with van der Waals surface area (Å²) in [5.41, 5.74) is 0. The van der Waals surface area contributed by atoms with Gasteiger partial charge in [-0.15, -0.1) is 0 Å². The van der Waals surface area contributed by atoms with Gasteiger partial charge in [-0.2, -0.15) is 0 Å². The molecule has 1 heteroatoms. The van der Waals surface area contributed by atoms with E-state index in [0.717, 1.165) is 11.8 Å². The first-order valence-corrected chi connectivity index (χ1v) is 5.95. The van der Waals surface area contributed by atoms with Crippen molar-refractivity contribution in [1.29, 1.82) is 0 Å². The molecular formula is C9H17I. The summed E-state index contributed by atoms with van der Waals surface area (Å²) in [5, 5.41) is 0. The third-order valence-corrected chi connectivity index (χ3v) is 3.37. The molecule has 1 saturated carbocycles.